The third kappa shape index (κ3) is 4.70. The smallest absolute Gasteiger partial charge is 0.164 e. The third-order valence-corrected chi connectivity index (χ3v) is 12.9. The molecule has 14 rings (SSSR count). The fourth-order valence-corrected chi connectivity index (χ4v) is 10.2. The molecule has 0 amide bonds. The minimum atomic E-state index is 0.603. The molecule has 0 bridgehead atoms. The highest BCUT2D eigenvalue weighted by molar-refractivity contribution is 6.31. The van der Waals surface area contributed by atoms with E-state index >= 15 is 0 Å². The van der Waals surface area contributed by atoms with Crippen LogP contribution < -0.4 is 0 Å². The fraction of sp³-hybridized carbons (Fsp3) is 0. The van der Waals surface area contributed by atoms with Gasteiger partial charge in [0.05, 0.1) is 16.7 Å². The van der Waals surface area contributed by atoms with Crippen molar-refractivity contribution >= 4 is 76.1 Å². The Bertz CT molecular complexity index is 4050. The minimum Gasteiger partial charge on any atom is -0.455 e. The zero-order chi connectivity index (χ0) is 40.5. The summed E-state index contributed by atoms with van der Waals surface area (Å²) in [5.41, 5.74) is 12.9. The molecule has 0 atom stereocenters. The Kier molecular flexibility index (Phi) is 6.77. The predicted octanol–water partition coefficient (Wildman–Crippen LogP) is 15.0. The average Bonchev–Trinajstić information content (AvgIpc) is 3.85. The lowest BCUT2D eigenvalue weighted by Gasteiger charge is -2.16. The quantitative estimate of drug-likeness (QED) is 0.178. The number of fused-ring (bicyclic) bond motifs is 9. The number of furan rings is 1. The summed E-state index contributed by atoms with van der Waals surface area (Å²) in [6, 6.07) is 69.2. The molecule has 3 heterocycles. The number of benzene rings is 10. The molecule has 13 aromatic rings. The number of nitrogens with zero attached hydrogens (tertiary/aromatic N) is 4. The number of rotatable bonds is 4. The lowest BCUT2D eigenvalue weighted by atomic mass is 9.93. The second kappa shape index (κ2) is 12.6. The summed E-state index contributed by atoms with van der Waals surface area (Å²) in [6.07, 6.45) is 0. The molecule has 10 aromatic carbocycles. The van der Waals surface area contributed by atoms with Gasteiger partial charge in [-0.1, -0.05) is 152 Å². The number of hydrogen-bond acceptors (Lipinski definition) is 4. The van der Waals surface area contributed by atoms with Gasteiger partial charge in [-0.3, -0.25) is 0 Å². The Morgan fingerprint density at radius 1 is 0.339 bits per heavy atom. The first-order chi connectivity index (χ1) is 30.7. The molecule has 0 N–H and O–H groups in total. The van der Waals surface area contributed by atoms with Crippen LogP contribution in [-0.2, 0) is 0 Å². The summed E-state index contributed by atoms with van der Waals surface area (Å²) in [5, 5.41) is 11.6. The molecule has 5 nitrogen and oxygen atoms in total. The van der Waals surface area contributed by atoms with Crippen LogP contribution >= 0.6 is 0 Å². The van der Waals surface area contributed by atoms with E-state index in [1.54, 1.807) is 0 Å². The molecule has 0 unspecified atom stereocenters. The molecular formula is C57H32N4O. The molecule has 286 valence electrons. The molecular weight excluding hydrogens is 757 g/mol. The van der Waals surface area contributed by atoms with Gasteiger partial charge in [-0.05, 0) is 86.3 Å². The maximum absolute atomic E-state index is 6.74. The van der Waals surface area contributed by atoms with Crippen LogP contribution in [0.3, 0.4) is 0 Å². The Balaban J connectivity index is 1.09. The van der Waals surface area contributed by atoms with Gasteiger partial charge in [0, 0.05) is 49.0 Å². The van der Waals surface area contributed by atoms with Gasteiger partial charge in [-0.2, -0.15) is 0 Å². The van der Waals surface area contributed by atoms with Gasteiger partial charge in [0.1, 0.15) is 11.2 Å². The molecule has 3 aromatic heterocycles. The van der Waals surface area contributed by atoms with Crippen molar-refractivity contribution in [3.63, 3.8) is 0 Å². The molecule has 1 aliphatic carbocycles. The van der Waals surface area contributed by atoms with E-state index in [0.29, 0.717) is 17.5 Å². The van der Waals surface area contributed by atoms with Gasteiger partial charge >= 0.3 is 0 Å². The summed E-state index contributed by atoms with van der Waals surface area (Å²) in [5.74, 6) is 1.85. The van der Waals surface area contributed by atoms with Crippen LogP contribution in [0, 0.1) is 0 Å². The highest BCUT2D eigenvalue weighted by Crippen LogP contribution is 2.50. The van der Waals surface area contributed by atoms with E-state index in [4.69, 9.17) is 19.4 Å². The average molecular weight is 789 g/mol. The van der Waals surface area contributed by atoms with Gasteiger partial charge in [0.25, 0.3) is 0 Å². The first-order valence-electron chi connectivity index (χ1n) is 21.0. The number of aromatic nitrogens is 4. The van der Waals surface area contributed by atoms with Crippen molar-refractivity contribution in [3.8, 4) is 62.1 Å². The van der Waals surface area contributed by atoms with Gasteiger partial charge in [-0.25, -0.2) is 15.0 Å². The summed E-state index contributed by atoms with van der Waals surface area (Å²) >= 11 is 0. The van der Waals surface area contributed by atoms with Crippen LogP contribution in [0.1, 0.15) is 0 Å². The van der Waals surface area contributed by atoms with Crippen molar-refractivity contribution in [1.82, 2.24) is 19.5 Å². The van der Waals surface area contributed by atoms with Crippen LogP contribution in [0.15, 0.2) is 199 Å². The van der Waals surface area contributed by atoms with Crippen molar-refractivity contribution in [3.05, 3.63) is 194 Å². The Hall–Kier alpha value is -8.41. The van der Waals surface area contributed by atoms with Crippen LogP contribution in [0.4, 0.5) is 0 Å². The van der Waals surface area contributed by atoms with Crippen molar-refractivity contribution in [1.29, 1.82) is 0 Å². The SMILES string of the molecule is c1ccc(-c2nc(-c3ccc4ccccc4c3)nc(-c3ccc4c(c3)c(-n3c5cccc6c5c5c7c(cccc7ccc53)-c3ccccc3-6)cc3c5ccccc5oc43)n2)cc1. The first-order valence-corrected chi connectivity index (χ1v) is 21.0. The van der Waals surface area contributed by atoms with Crippen LogP contribution in [0.25, 0.3) is 138 Å². The van der Waals surface area contributed by atoms with E-state index in [1.807, 2.05) is 24.3 Å². The second-order valence-electron chi connectivity index (χ2n) is 16.3. The van der Waals surface area contributed by atoms with Gasteiger partial charge in [-0.15, -0.1) is 0 Å². The van der Waals surface area contributed by atoms with Gasteiger partial charge in [0.15, 0.2) is 17.5 Å². The van der Waals surface area contributed by atoms with Gasteiger partial charge < -0.3 is 8.98 Å². The minimum absolute atomic E-state index is 0.603. The molecule has 0 aliphatic heterocycles. The predicted molar refractivity (Wildman–Crippen MR) is 255 cm³/mol. The lowest BCUT2D eigenvalue weighted by molar-refractivity contribution is 0.672. The summed E-state index contributed by atoms with van der Waals surface area (Å²) in [4.78, 5) is 15.5. The maximum atomic E-state index is 6.74. The highest BCUT2D eigenvalue weighted by Gasteiger charge is 2.26. The monoisotopic (exact) mass is 788 g/mol. The Morgan fingerprint density at radius 2 is 0.952 bits per heavy atom. The summed E-state index contributed by atoms with van der Waals surface area (Å²) in [6.45, 7) is 0. The molecule has 0 fully saturated rings. The van der Waals surface area contributed by atoms with Crippen molar-refractivity contribution < 1.29 is 4.42 Å². The normalized spacial score (nSPS) is 12.2. The van der Waals surface area contributed by atoms with Crippen molar-refractivity contribution in [2.75, 3.05) is 0 Å². The summed E-state index contributed by atoms with van der Waals surface area (Å²) < 4.78 is 9.22. The maximum Gasteiger partial charge on any atom is 0.164 e. The largest absolute Gasteiger partial charge is 0.455 e. The Morgan fingerprint density at radius 3 is 1.79 bits per heavy atom. The molecule has 0 spiro atoms. The van der Waals surface area contributed by atoms with E-state index in [-0.39, 0.29) is 0 Å². The number of para-hydroxylation sites is 1. The topological polar surface area (TPSA) is 56.7 Å². The standard InChI is InChI=1S/C57H32N4O/c1-2-13-35(14-3-1)55-58-56(37-25-24-33-12-4-5-15-36(33)30-37)60-57(59-55)38-26-28-44-45(31-38)49(32-46-41-19-8-9-23-50(41)62-54(44)46)61-47-22-11-21-43-40-18-7-6-17-39(40)42-20-10-16-34-27-29-48(61)53(51(34)42)52(43)47/h1-32H. The molecule has 0 radical (unpaired) electrons. The molecule has 1 aliphatic rings. The van der Waals surface area contributed by atoms with E-state index < -0.39 is 0 Å². The van der Waals surface area contributed by atoms with Crippen LogP contribution in [0.2, 0.25) is 0 Å². The van der Waals surface area contributed by atoms with E-state index in [1.165, 1.54) is 49.2 Å². The number of hydrogen-bond donors (Lipinski definition) is 0. The third-order valence-electron chi connectivity index (χ3n) is 12.9. The summed E-state index contributed by atoms with van der Waals surface area (Å²) in [7, 11) is 0. The fourth-order valence-electron chi connectivity index (χ4n) is 10.2. The van der Waals surface area contributed by atoms with Crippen LogP contribution in [0.5, 0.6) is 0 Å². The first kappa shape index (κ1) is 33.4. The molecule has 0 saturated carbocycles. The van der Waals surface area contributed by atoms with Gasteiger partial charge in [0.2, 0.25) is 0 Å². The highest BCUT2D eigenvalue weighted by atomic mass is 16.3. The second-order valence-corrected chi connectivity index (χ2v) is 16.3. The molecule has 5 heteroatoms. The van der Waals surface area contributed by atoms with Crippen LogP contribution in [-0.4, -0.2) is 19.5 Å². The van der Waals surface area contributed by atoms with E-state index in [2.05, 4.69) is 174 Å². The van der Waals surface area contributed by atoms with Crippen molar-refractivity contribution in [2.24, 2.45) is 0 Å². The van der Waals surface area contributed by atoms with Crippen molar-refractivity contribution in [2.45, 2.75) is 0 Å². The lowest BCUT2D eigenvalue weighted by Crippen LogP contribution is -2.01. The van der Waals surface area contributed by atoms with E-state index in [0.717, 1.165) is 71.5 Å². The zero-order valence-electron chi connectivity index (χ0n) is 33.2. The molecule has 62 heavy (non-hydrogen) atoms. The zero-order valence-corrected chi connectivity index (χ0v) is 33.2. The van der Waals surface area contributed by atoms with E-state index in [9.17, 15) is 0 Å². The Labute approximate surface area is 354 Å². The molecule has 0 saturated heterocycles.